The maximum absolute atomic E-state index is 11.9. The van der Waals surface area contributed by atoms with Crippen LogP contribution in [-0.2, 0) is 9.22 Å². The molecule has 150 valence electrons. The lowest BCUT2D eigenvalue weighted by Gasteiger charge is -2.44. The van der Waals surface area contributed by atoms with Crippen molar-refractivity contribution in [3.8, 4) is 0 Å². The van der Waals surface area contributed by atoms with E-state index in [1.54, 1.807) is 0 Å². The summed E-state index contributed by atoms with van der Waals surface area (Å²) in [5.41, 5.74) is 0. The summed E-state index contributed by atoms with van der Waals surface area (Å²) in [6.07, 6.45) is 7.18. The predicted octanol–water partition coefficient (Wildman–Crippen LogP) is 4.69. The van der Waals surface area contributed by atoms with Crippen molar-refractivity contribution in [1.29, 1.82) is 0 Å². The van der Waals surface area contributed by atoms with E-state index >= 15 is 0 Å². The van der Waals surface area contributed by atoms with Crippen LogP contribution in [0.15, 0.2) is 12.7 Å². The molecule has 0 N–H and O–H groups in total. The van der Waals surface area contributed by atoms with Gasteiger partial charge in [-0.3, -0.25) is 4.79 Å². The summed E-state index contributed by atoms with van der Waals surface area (Å²) in [6, 6.07) is 0.460. The number of amides is 1. The van der Waals surface area contributed by atoms with Gasteiger partial charge in [-0.25, -0.2) is 0 Å². The van der Waals surface area contributed by atoms with E-state index in [1.165, 1.54) is 0 Å². The summed E-state index contributed by atoms with van der Waals surface area (Å²) in [4.78, 5) is 14.0. The van der Waals surface area contributed by atoms with E-state index in [2.05, 4.69) is 45.3 Å². The topological polar surface area (TPSA) is 29.5 Å². The molecular weight excluding hydrogens is 386 g/mol. The monoisotopic (exact) mass is 425 g/mol. The Morgan fingerprint density at radius 2 is 1.88 bits per heavy atom. The second kappa shape index (κ2) is 10.7. The van der Waals surface area contributed by atoms with Crippen molar-refractivity contribution in [2.75, 3.05) is 6.54 Å². The summed E-state index contributed by atoms with van der Waals surface area (Å²) >= 11 is 0. The minimum Gasteiger partial charge on any atom is -0.413 e. The van der Waals surface area contributed by atoms with E-state index in [-0.39, 0.29) is 51.6 Å². The van der Waals surface area contributed by atoms with Crippen molar-refractivity contribution in [1.82, 2.24) is 4.90 Å². The smallest absolute Gasteiger partial charge is 0.222 e. The van der Waals surface area contributed by atoms with E-state index in [0.29, 0.717) is 17.9 Å². The highest BCUT2D eigenvalue weighted by Gasteiger charge is 2.43. The Morgan fingerprint density at radius 3 is 2.40 bits per heavy atom. The molecule has 0 bridgehead atoms. The van der Waals surface area contributed by atoms with Gasteiger partial charge in [0.25, 0.3) is 0 Å². The minimum absolute atomic E-state index is 0. The Labute approximate surface area is 176 Å². The van der Waals surface area contributed by atoms with Gasteiger partial charge in [0.15, 0.2) is 8.32 Å². The molecule has 3 nitrogen and oxygen atoms in total. The van der Waals surface area contributed by atoms with Crippen molar-refractivity contribution in [3.63, 3.8) is 0 Å². The van der Waals surface area contributed by atoms with Gasteiger partial charge in [0.2, 0.25) is 5.91 Å². The maximum atomic E-state index is 11.9. The second-order valence-electron chi connectivity index (χ2n) is 8.51. The second-order valence-corrected chi connectivity index (χ2v) is 13.3. The Kier molecular flexibility index (Phi) is 11.8. The first-order chi connectivity index (χ1) is 10.2. The van der Waals surface area contributed by atoms with Crippen LogP contribution in [0.2, 0.25) is 18.1 Å². The average Bonchev–Trinajstić information content (AvgIpc) is 2.78. The normalized spacial score (nSPS) is 24.4. The van der Waals surface area contributed by atoms with Gasteiger partial charge in [0.05, 0.1) is 6.10 Å². The van der Waals surface area contributed by atoms with Crippen molar-refractivity contribution in [2.45, 2.75) is 83.2 Å². The molecule has 7 heteroatoms. The van der Waals surface area contributed by atoms with E-state index in [0.717, 1.165) is 38.6 Å². The highest BCUT2D eigenvalue weighted by Crippen LogP contribution is 2.41. The SMILES string of the molecule is C=CC[C@H](O[Si](C)(C)C(C)(C)C)[C@H]1CCN2C(=O)CC[C@H]2C1.S.S.S. The third-order valence-electron chi connectivity index (χ3n) is 5.95. The molecule has 2 fully saturated rings. The first-order valence-corrected chi connectivity index (χ1v) is 11.6. The van der Waals surface area contributed by atoms with Crippen LogP contribution in [0.5, 0.6) is 0 Å². The summed E-state index contributed by atoms with van der Waals surface area (Å²) in [5, 5.41) is 0.233. The van der Waals surface area contributed by atoms with E-state index in [4.69, 9.17) is 4.43 Å². The molecule has 0 radical (unpaired) electrons. The number of piperidine rings is 1. The molecule has 2 rings (SSSR count). The fourth-order valence-corrected chi connectivity index (χ4v) is 4.91. The molecule has 0 aromatic heterocycles. The molecule has 0 aliphatic carbocycles. The fourth-order valence-electron chi connectivity index (χ4n) is 3.51. The lowest BCUT2D eigenvalue weighted by molar-refractivity contribution is -0.130. The molecule has 2 aliphatic heterocycles. The van der Waals surface area contributed by atoms with Crippen LogP contribution in [-0.4, -0.2) is 37.8 Å². The zero-order valence-electron chi connectivity index (χ0n) is 16.5. The summed E-state index contributed by atoms with van der Waals surface area (Å²) < 4.78 is 6.72. The van der Waals surface area contributed by atoms with Crippen LogP contribution < -0.4 is 0 Å². The van der Waals surface area contributed by atoms with Crippen LogP contribution >= 0.6 is 40.5 Å². The first-order valence-electron chi connectivity index (χ1n) is 8.74. The Hall–Kier alpha value is 0.437. The average molecular weight is 426 g/mol. The predicted molar refractivity (Wildman–Crippen MR) is 125 cm³/mol. The van der Waals surface area contributed by atoms with Crippen molar-refractivity contribution in [2.24, 2.45) is 5.92 Å². The number of carbonyl (C=O) groups is 1. The van der Waals surface area contributed by atoms with Crippen LogP contribution in [0.25, 0.3) is 0 Å². The highest BCUT2D eigenvalue weighted by molar-refractivity contribution is 7.59. The van der Waals surface area contributed by atoms with Gasteiger partial charge in [-0.05, 0) is 49.7 Å². The first kappa shape index (κ1) is 27.7. The van der Waals surface area contributed by atoms with Gasteiger partial charge < -0.3 is 9.33 Å². The zero-order chi connectivity index (χ0) is 16.5. The maximum Gasteiger partial charge on any atom is 0.222 e. The molecule has 2 aliphatic rings. The van der Waals surface area contributed by atoms with Crippen LogP contribution in [0, 0.1) is 5.92 Å². The van der Waals surface area contributed by atoms with Crippen molar-refractivity contribution >= 4 is 54.7 Å². The van der Waals surface area contributed by atoms with Gasteiger partial charge in [-0.15, -0.1) is 6.58 Å². The Balaban J connectivity index is 0. The molecule has 0 aromatic carbocycles. The van der Waals surface area contributed by atoms with Crippen molar-refractivity contribution in [3.05, 3.63) is 12.7 Å². The van der Waals surface area contributed by atoms with Crippen LogP contribution in [0.4, 0.5) is 0 Å². The quantitative estimate of drug-likeness (QED) is 0.472. The van der Waals surface area contributed by atoms with Gasteiger partial charge >= 0.3 is 0 Å². The lowest BCUT2D eigenvalue weighted by Crippen LogP contribution is -2.49. The number of fused-ring (bicyclic) bond motifs is 1. The molecule has 1 amide bonds. The molecule has 3 atom stereocenters. The number of hydrogen-bond donors (Lipinski definition) is 0. The molecule has 0 saturated carbocycles. The standard InChI is InChI=1S/C18H33NO2Si.3H2S/c1-7-8-16(21-22(5,6)18(2,3)4)14-11-12-19-15(13-14)9-10-17(19)20;;;/h7,14-16H,1,8-13H2,2-6H3;3*1H2/t14-,15-,16-;;;/m0.../s1. The van der Waals surface area contributed by atoms with E-state index < -0.39 is 8.32 Å². The number of nitrogens with zero attached hydrogens (tertiary/aromatic N) is 1. The molecule has 0 unspecified atom stereocenters. The number of carbonyl (C=O) groups excluding carboxylic acids is 1. The van der Waals surface area contributed by atoms with Crippen molar-refractivity contribution < 1.29 is 9.22 Å². The van der Waals surface area contributed by atoms with Gasteiger partial charge in [-0.2, -0.15) is 40.5 Å². The summed E-state index contributed by atoms with van der Waals surface area (Å²) in [6.45, 7) is 16.4. The molecule has 25 heavy (non-hydrogen) atoms. The third kappa shape index (κ3) is 6.52. The fraction of sp³-hybridized carbons (Fsp3) is 0.833. The molecule has 0 spiro atoms. The van der Waals surface area contributed by atoms with E-state index in [1.807, 2.05) is 6.08 Å². The minimum atomic E-state index is -1.76. The molecule has 2 heterocycles. The largest absolute Gasteiger partial charge is 0.413 e. The van der Waals surface area contributed by atoms with E-state index in [9.17, 15) is 4.79 Å². The number of hydrogen-bond acceptors (Lipinski definition) is 2. The van der Waals surface area contributed by atoms with Gasteiger partial charge in [0.1, 0.15) is 0 Å². The third-order valence-corrected chi connectivity index (χ3v) is 10.4. The molecule has 0 aromatic rings. The lowest BCUT2D eigenvalue weighted by atomic mass is 9.85. The van der Waals surface area contributed by atoms with Gasteiger partial charge in [0, 0.05) is 19.0 Å². The zero-order valence-corrected chi connectivity index (χ0v) is 20.5. The number of rotatable bonds is 5. The van der Waals surface area contributed by atoms with Gasteiger partial charge in [-0.1, -0.05) is 26.8 Å². The molecular formula is C18H39NO2S3Si. The van der Waals surface area contributed by atoms with Crippen LogP contribution in [0.3, 0.4) is 0 Å². The highest BCUT2D eigenvalue weighted by atomic mass is 32.1. The summed E-state index contributed by atoms with van der Waals surface area (Å²) in [7, 11) is -1.76. The summed E-state index contributed by atoms with van der Waals surface area (Å²) in [5.74, 6) is 0.924. The Bertz CT molecular complexity index is 441. The van der Waals surface area contributed by atoms with Crippen LogP contribution in [0.1, 0.15) is 52.9 Å². The Morgan fingerprint density at radius 1 is 1.28 bits per heavy atom. The molecule has 2 saturated heterocycles.